The van der Waals surface area contributed by atoms with Crippen LogP contribution in [-0.2, 0) is 0 Å². The van der Waals surface area contributed by atoms with Gasteiger partial charge in [0.1, 0.15) is 5.82 Å². The van der Waals surface area contributed by atoms with Crippen molar-refractivity contribution in [2.45, 2.75) is 31.1 Å². The summed E-state index contributed by atoms with van der Waals surface area (Å²) in [5.74, 6) is 1.72. The zero-order chi connectivity index (χ0) is 20.0. The van der Waals surface area contributed by atoms with Crippen molar-refractivity contribution in [3.63, 3.8) is 0 Å². The molecular weight excluding hydrogens is 500 g/mol. The van der Waals surface area contributed by atoms with E-state index in [2.05, 4.69) is 39.4 Å². The predicted octanol–water partition coefficient (Wildman–Crippen LogP) is 3.51. The number of thioether (sulfide) groups is 1. The molecule has 29 heavy (non-hydrogen) atoms. The van der Waals surface area contributed by atoms with Crippen LogP contribution in [0.2, 0.25) is 0 Å². The average molecular weight is 538 g/mol. The Morgan fingerprint density at radius 3 is 2.48 bits per heavy atom. The van der Waals surface area contributed by atoms with Gasteiger partial charge >= 0.3 is 0 Å². The van der Waals surface area contributed by atoms with Gasteiger partial charge in [0.25, 0.3) is 0 Å². The lowest BCUT2D eigenvalue weighted by Gasteiger charge is -2.32. The number of hydrogen-bond acceptors (Lipinski definition) is 4. The Bertz CT molecular complexity index is 565. The van der Waals surface area contributed by atoms with Crippen LogP contribution in [0.15, 0.2) is 34.2 Å². The SMILES string of the molecule is CCNC(=NCCCSc1ccc(F)cc1)NCCCCN1CCN(C)CC1.I. The Balaban J connectivity index is 0.00000420. The summed E-state index contributed by atoms with van der Waals surface area (Å²) in [6, 6.07) is 6.68. The molecule has 8 heteroatoms. The molecule has 0 saturated carbocycles. The minimum Gasteiger partial charge on any atom is -0.357 e. The van der Waals surface area contributed by atoms with Gasteiger partial charge in [-0.15, -0.1) is 35.7 Å². The summed E-state index contributed by atoms with van der Waals surface area (Å²) in [4.78, 5) is 10.7. The first-order chi connectivity index (χ1) is 13.7. The number of hydrogen-bond donors (Lipinski definition) is 2. The van der Waals surface area contributed by atoms with Gasteiger partial charge in [0.15, 0.2) is 5.96 Å². The predicted molar refractivity (Wildman–Crippen MR) is 134 cm³/mol. The van der Waals surface area contributed by atoms with Gasteiger partial charge < -0.3 is 20.4 Å². The van der Waals surface area contributed by atoms with Crippen molar-refractivity contribution >= 4 is 41.7 Å². The van der Waals surface area contributed by atoms with E-state index in [9.17, 15) is 4.39 Å². The zero-order valence-electron chi connectivity index (χ0n) is 17.8. The Morgan fingerprint density at radius 2 is 1.79 bits per heavy atom. The molecule has 1 aromatic carbocycles. The van der Waals surface area contributed by atoms with Crippen LogP contribution >= 0.6 is 35.7 Å². The number of nitrogens with one attached hydrogen (secondary N) is 2. The number of nitrogens with zero attached hydrogens (tertiary/aromatic N) is 3. The molecule has 1 aliphatic rings. The van der Waals surface area contributed by atoms with Gasteiger partial charge in [-0.2, -0.15) is 0 Å². The molecule has 2 rings (SSSR count). The smallest absolute Gasteiger partial charge is 0.191 e. The lowest BCUT2D eigenvalue weighted by molar-refractivity contribution is 0.152. The van der Waals surface area contributed by atoms with Gasteiger partial charge in [-0.25, -0.2) is 4.39 Å². The van der Waals surface area contributed by atoms with E-state index in [1.165, 1.54) is 51.3 Å². The van der Waals surface area contributed by atoms with E-state index in [-0.39, 0.29) is 29.8 Å². The van der Waals surface area contributed by atoms with Crippen LogP contribution in [-0.4, -0.2) is 80.9 Å². The maximum absolute atomic E-state index is 12.9. The Hall–Kier alpha value is -0.580. The highest BCUT2D eigenvalue weighted by Crippen LogP contribution is 2.18. The van der Waals surface area contributed by atoms with Gasteiger partial charge in [-0.1, -0.05) is 0 Å². The molecule has 0 unspecified atom stereocenters. The van der Waals surface area contributed by atoms with Crippen molar-refractivity contribution in [1.29, 1.82) is 0 Å². The molecule has 0 spiro atoms. The minimum atomic E-state index is -0.182. The van der Waals surface area contributed by atoms with Crippen molar-refractivity contribution in [3.8, 4) is 0 Å². The molecule has 166 valence electrons. The van der Waals surface area contributed by atoms with Gasteiger partial charge in [0.2, 0.25) is 0 Å². The Labute approximate surface area is 197 Å². The third-order valence-electron chi connectivity index (χ3n) is 4.79. The molecule has 0 radical (unpaired) electrons. The standard InChI is InChI=1S/C21H36FN5S.HI/c1-3-23-21(24-11-4-5-13-27-16-14-26(2)15-17-27)25-12-6-18-28-20-9-7-19(22)8-10-20;/h7-10H,3-6,11-18H2,1-2H3,(H2,23,24,25);1H. The molecule has 1 aromatic rings. The van der Waals surface area contributed by atoms with Crippen LogP contribution in [0.25, 0.3) is 0 Å². The second-order valence-electron chi connectivity index (χ2n) is 7.20. The quantitative estimate of drug-likeness (QED) is 0.149. The number of piperazine rings is 1. The molecule has 0 aromatic heterocycles. The number of benzene rings is 1. The number of rotatable bonds is 11. The molecule has 0 amide bonds. The normalized spacial score (nSPS) is 15.8. The summed E-state index contributed by atoms with van der Waals surface area (Å²) < 4.78 is 12.9. The topological polar surface area (TPSA) is 42.9 Å². The zero-order valence-corrected chi connectivity index (χ0v) is 21.0. The van der Waals surface area contributed by atoms with Crippen molar-refractivity contribution in [2.24, 2.45) is 4.99 Å². The second-order valence-corrected chi connectivity index (χ2v) is 8.36. The summed E-state index contributed by atoms with van der Waals surface area (Å²) >= 11 is 1.75. The summed E-state index contributed by atoms with van der Waals surface area (Å²) in [7, 11) is 2.20. The fraction of sp³-hybridized carbons (Fsp3) is 0.667. The molecule has 0 bridgehead atoms. The highest BCUT2D eigenvalue weighted by atomic mass is 127. The fourth-order valence-electron chi connectivity index (χ4n) is 3.06. The largest absolute Gasteiger partial charge is 0.357 e. The number of guanidine groups is 1. The van der Waals surface area contributed by atoms with Crippen molar-refractivity contribution < 1.29 is 4.39 Å². The van der Waals surface area contributed by atoms with E-state index in [4.69, 9.17) is 0 Å². The molecule has 2 N–H and O–H groups in total. The molecule has 0 aliphatic carbocycles. The Morgan fingerprint density at radius 1 is 1.07 bits per heavy atom. The summed E-state index contributed by atoms with van der Waals surface area (Å²) in [5.41, 5.74) is 0. The first-order valence-corrected chi connectivity index (χ1v) is 11.5. The van der Waals surface area contributed by atoms with Gasteiger partial charge in [-0.05, 0) is 69.8 Å². The molecule has 5 nitrogen and oxygen atoms in total. The van der Waals surface area contributed by atoms with Crippen LogP contribution in [0.5, 0.6) is 0 Å². The van der Waals surface area contributed by atoms with Crippen LogP contribution in [0.4, 0.5) is 4.39 Å². The molecule has 1 aliphatic heterocycles. The van der Waals surface area contributed by atoms with Gasteiger partial charge in [0, 0.05) is 50.7 Å². The van der Waals surface area contributed by atoms with Gasteiger partial charge in [0.05, 0.1) is 0 Å². The minimum absolute atomic E-state index is 0. The molecule has 1 fully saturated rings. The first-order valence-electron chi connectivity index (χ1n) is 10.5. The molecule has 1 saturated heterocycles. The first kappa shape index (κ1) is 26.5. The highest BCUT2D eigenvalue weighted by molar-refractivity contribution is 14.0. The maximum Gasteiger partial charge on any atom is 0.191 e. The third kappa shape index (κ3) is 12.0. The van der Waals surface area contributed by atoms with Crippen LogP contribution < -0.4 is 10.6 Å². The number of aliphatic imine (C=N–C) groups is 1. The lowest BCUT2D eigenvalue weighted by Crippen LogP contribution is -2.44. The summed E-state index contributed by atoms with van der Waals surface area (Å²) in [5, 5.41) is 6.76. The molecule has 0 atom stereocenters. The van der Waals surface area contributed by atoms with E-state index in [0.29, 0.717) is 0 Å². The average Bonchev–Trinajstić information content (AvgIpc) is 2.70. The van der Waals surface area contributed by atoms with E-state index < -0.39 is 0 Å². The van der Waals surface area contributed by atoms with Crippen molar-refractivity contribution in [1.82, 2.24) is 20.4 Å². The van der Waals surface area contributed by atoms with Crippen molar-refractivity contribution in [2.75, 3.05) is 65.2 Å². The number of halogens is 2. The summed E-state index contributed by atoms with van der Waals surface area (Å²) in [6.45, 7) is 10.7. The van der Waals surface area contributed by atoms with E-state index >= 15 is 0 Å². The lowest BCUT2D eigenvalue weighted by atomic mass is 10.2. The van der Waals surface area contributed by atoms with Crippen LogP contribution in [0, 0.1) is 5.82 Å². The van der Waals surface area contributed by atoms with E-state index in [0.717, 1.165) is 49.1 Å². The third-order valence-corrected chi connectivity index (χ3v) is 5.89. The monoisotopic (exact) mass is 537 g/mol. The maximum atomic E-state index is 12.9. The fourth-order valence-corrected chi connectivity index (χ4v) is 3.89. The second kappa shape index (κ2) is 16.2. The van der Waals surface area contributed by atoms with E-state index in [1.54, 1.807) is 11.8 Å². The summed E-state index contributed by atoms with van der Waals surface area (Å²) in [6.07, 6.45) is 3.39. The van der Waals surface area contributed by atoms with E-state index in [1.807, 2.05) is 12.1 Å². The highest BCUT2D eigenvalue weighted by Gasteiger charge is 2.12. The van der Waals surface area contributed by atoms with Crippen molar-refractivity contribution in [3.05, 3.63) is 30.1 Å². The van der Waals surface area contributed by atoms with Crippen LogP contribution in [0.3, 0.4) is 0 Å². The Kier molecular flexibility index (Phi) is 14.7. The molecular formula is C21H37FIN5S. The molecule has 1 heterocycles. The number of likely N-dealkylation sites (N-methyl/N-ethyl adjacent to an activating group) is 1. The number of unbranched alkanes of at least 4 members (excludes halogenated alkanes) is 1. The van der Waals surface area contributed by atoms with Gasteiger partial charge in [-0.3, -0.25) is 4.99 Å². The van der Waals surface area contributed by atoms with Crippen LogP contribution in [0.1, 0.15) is 26.2 Å².